The number of carbonyl (C=O) groups is 6. The molecule has 1 unspecified atom stereocenters. The number of nitrogens with one attached hydrogen (secondary N) is 5. The van der Waals surface area contributed by atoms with Crippen LogP contribution in [-0.2, 0) is 51.3 Å². The highest BCUT2D eigenvalue weighted by Crippen LogP contribution is 2.13. The lowest BCUT2D eigenvalue weighted by Crippen LogP contribution is -2.66. The van der Waals surface area contributed by atoms with Crippen molar-refractivity contribution in [2.75, 3.05) is 13.7 Å². The Morgan fingerprint density at radius 2 is 1.65 bits per heavy atom. The van der Waals surface area contributed by atoms with Crippen LogP contribution in [0.5, 0.6) is 0 Å². The van der Waals surface area contributed by atoms with Crippen LogP contribution in [0, 0.1) is 0 Å². The van der Waals surface area contributed by atoms with Gasteiger partial charge in [-0.15, -0.1) is 5.10 Å². The molecule has 0 aliphatic carbocycles. The van der Waals surface area contributed by atoms with Crippen molar-refractivity contribution >= 4 is 35.7 Å². The van der Waals surface area contributed by atoms with Gasteiger partial charge in [0.1, 0.15) is 40.0 Å². The lowest BCUT2D eigenvalue weighted by Gasteiger charge is -2.34. The van der Waals surface area contributed by atoms with Gasteiger partial charge in [0.15, 0.2) is 0 Å². The molecule has 2 bridgehead atoms. The molecule has 5 N–H and O–H groups in total. The van der Waals surface area contributed by atoms with Gasteiger partial charge in [0, 0.05) is 6.54 Å². The highest BCUT2D eigenvalue weighted by atomic mass is 16.6. The lowest BCUT2D eigenvalue weighted by molar-refractivity contribution is -0.150. The highest BCUT2D eigenvalue weighted by molar-refractivity contribution is 5.99. The fraction of sp³-hybridized carbons (Fsp3) is 0.724. The van der Waals surface area contributed by atoms with E-state index in [4.69, 9.17) is 14.2 Å². The SMILES string of the molecule is COC(=O)C(C)(C)NC(=O)C1COCc2cn(nn2)CCC[C@H](NC(=O)OC(C)(C)C)C(=O)NC(C)(C)C(=O)NC(C)(C)C(=O)N1. The third-order valence-electron chi connectivity index (χ3n) is 6.76. The summed E-state index contributed by atoms with van der Waals surface area (Å²) in [6.45, 7) is 13.6. The molecule has 1 aromatic heterocycles. The molecule has 46 heavy (non-hydrogen) atoms. The first-order valence-electron chi connectivity index (χ1n) is 14.9. The van der Waals surface area contributed by atoms with Crippen LogP contribution in [0.2, 0.25) is 0 Å². The molecule has 0 fully saturated rings. The summed E-state index contributed by atoms with van der Waals surface area (Å²) >= 11 is 0. The van der Waals surface area contributed by atoms with Gasteiger partial charge in [0.2, 0.25) is 23.6 Å². The minimum Gasteiger partial charge on any atom is -0.467 e. The van der Waals surface area contributed by atoms with Gasteiger partial charge in [-0.1, -0.05) is 5.21 Å². The first kappa shape index (κ1) is 37.9. The zero-order chi connectivity index (χ0) is 35.1. The van der Waals surface area contributed by atoms with Crippen LogP contribution in [0.4, 0.5) is 4.79 Å². The van der Waals surface area contributed by atoms with Gasteiger partial charge in [-0.05, 0) is 75.2 Å². The number of rotatable bonds is 4. The number of carbonyl (C=O) groups excluding carboxylic acids is 6. The predicted octanol–water partition coefficient (Wildman–Crippen LogP) is -0.176. The molecule has 258 valence electrons. The molecular formula is C29H48N8O9. The molecule has 0 saturated heterocycles. The number of alkyl carbamates (subject to hydrolysis) is 1. The molecule has 5 amide bonds. The van der Waals surface area contributed by atoms with Gasteiger partial charge < -0.3 is 40.8 Å². The summed E-state index contributed by atoms with van der Waals surface area (Å²) in [5.74, 6) is -3.56. The maximum absolute atomic E-state index is 13.4. The summed E-state index contributed by atoms with van der Waals surface area (Å²) in [6, 6.07) is -2.36. The van der Waals surface area contributed by atoms with E-state index >= 15 is 0 Å². The molecule has 1 aromatic rings. The molecule has 0 spiro atoms. The van der Waals surface area contributed by atoms with E-state index in [0.29, 0.717) is 18.7 Å². The van der Waals surface area contributed by atoms with Gasteiger partial charge in [0.05, 0.1) is 26.5 Å². The monoisotopic (exact) mass is 652 g/mol. The van der Waals surface area contributed by atoms with Crippen LogP contribution in [0.3, 0.4) is 0 Å². The molecule has 2 heterocycles. The summed E-state index contributed by atoms with van der Waals surface area (Å²) in [7, 11) is 1.18. The van der Waals surface area contributed by atoms with E-state index in [2.05, 4.69) is 36.9 Å². The Bertz CT molecular complexity index is 1300. The number of ether oxygens (including phenoxy) is 3. The first-order valence-corrected chi connectivity index (χ1v) is 14.9. The summed E-state index contributed by atoms with van der Waals surface area (Å²) in [5.41, 5.74) is -4.94. The van der Waals surface area contributed by atoms with Crippen molar-refractivity contribution in [3.63, 3.8) is 0 Å². The molecule has 2 rings (SSSR count). The maximum atomic E-state index is 13.4. The van der Waals surface area contributed by atoms with Crippen LogP contribution in [0.1, 0.15) is 80.8 Å². The van der Waals surface area contributed by atoms with Crippen molar-refractivity contribution < 1.29 is 43.0 Å². The topological polar surface area (TPSA) is 221 Å². The minimum atomic E-state index is -1.59. The molecule has 17 heteroatoms. The van der Waals surface area contributed by atoms with Gasteiger partial charge in [-0.25, -0.2) is 9.59 Å². The van der Waals surface area contributed by atoms with Crippen molar-refractivity contribution in [1.82, 2.24) is 41.6 Å². The predicted molar refractivity (Wildman–Crippen MR) is 163 cm³/mol. The van der Waals surface area contributed by atoms with Crippen LogP contribution < -0.4 is 26.6 Å². The number of esters is 1. The van der Waals surface area contributed by atoms with Crippen molar-refractivity contribution in [1.29, 1.82) is 0 Å². The number of hydrogen-bond acceptors (Lipinski definition) is 11. The Hall–Kier alpha value is -4.28. The first-order chi connectivity index (χ1) is 21.1. The molecule has 1 aliphatic heterocycles. The second-order valence-electron chi connectivity index (χ2n) is 13.7. The molecule has 1 aliphatic rings. The van der Waals surface area contributed by atoms with Gasteiger partial charge in [-0.2, -0.15) is 0 Å². The number of nitrogens with zero attached hydrogens (tertiary/aromatic N) is 3. The Kier molecular flexibility index (Phi) is 12.3. The molecule has 17 nitrogen and oxygen atoms in total. The Labute approximate surface area is 268 Å². The van der Waals surface area contributed by atoms with Crippen LogP contribution in [-0.4, -0.2) is 98.7 Å². The van der Waals surface area contributed by atoms with E-state index in [-0.39, 0.29) is 19.6 Å². The fourth-order valence-corrected chi connectivity index (χ4v) is 4.14. The van der Waals surface area contributed by atoms with Crippen molar-refractivity contribution in [2.24, 2.45) is 0 Å². The Balaban J connectivity index is 2.38. The van der Waals surface area contributed by atoms with Crippen molar-refractivity contribution in [3.8, 4) is 0 Å². The summed E-state index contributed by atoms with van der Waals surface area (Å²) in [6.07, 6.45) is 1.36. The number of methoxy groups -OCH3 is 1. The maximum Gasteiger partial charge on any atom is 0.408 e. The second kappa shape index (κ2) is 14.9. The third-order valence-corrected chi connectivity index (χ3v) is 6.76. The number of aromatic nitrogens is 3. The van der Waals surface area contributed by atoms with Crippen molar-refractivity contribution in [3.05, 3.63) is 11.9 Å². The van der Waals surface area contributed by atoms with E-state index in [1.54, 1.807) is 27.0 Å². The smallest absolute Gasteiger partial charge is 0.408 e. The second-order valence-corrected chi connectivity index (χ2v) is 13.7. The average molecular weight is 653 g/mol. The largest absolute Gasteiger partial charge is 0.467 e. The molecule has 0 aromatic carbocycles. The van der Waals surface area contributed by atoms with Crippen LogP contribution in [0.15, 0.2) is 6.20 Å². The van der Waals surface area contributed by atoms with Crippen LogP contribution >= 0.6 is 0 Å². The zero-order valence-corrected chi connectivity index (χ0v) is 28.3. The standard InChI is InChI=1S/C29H48N8O9/c1-26(2,3)46-25(43)31-18-12-11-13-37-14-17(35-36-37)15-45-16-19(21(39)33-29(8,9)24(42)44-10)30-22(40)27(4,5)34-23(41)28(6,7)32-20(18)38/h14,18-19H,11-13,15-16H2,1-10H3,(H,30,40)(H,31,43)(H,32,38)(H,33,39)(H,34,41)/t18-,19?/m0/s1. The Morgan fingerprint density at radius 1 is 1.02 bits per heavy atom. The van der Waals surface area contributed by atoms with E-state index in [9.17, 15) is 28.8 Å². The van der Waals surface area contributed by atoms with E-state index < -0.39 is 70.0 Å². The summed E-state index contributed by atoms with van der Waals surface area (Å²) in [5, 5.41) is 21.1. The molecular weight excluding hydrogens is 604 g/mol. The average Bonchev–Trinajstić information content (AvgIpc) is 3.36. The molecule has 0 radical (unpaired) electrons. The molecule has 2 atom stereocenters. The Morgan fingerprint density at radius 3 is 2.26 bits per heavy atom. The lowest BCUT2D eigenvalue weighted by atomic mass is 9.97. The third kappa shape index (κ3) is 11.3. The number of amides is 5. The van der Waals surface area contributed by atoms with Crippen LogP contribution in [0.25, 0.3) is 0 Å². The van der Waals surface area contributed by atoms with E-state index in [1.165, 1.54) is 53.3 Å². The number of fused-ring (bicyclic) bond motifs is 2. The number of hydrogen-bond donors (Lipinski definition) is 5. The normalized spacial score (nSPS) is 21.6. The van der Waals surface area contributed by atoms with Gasteiger partial charge >= 0.3 is 12.1 Å². The number of aryl methyl sites for hydroxylation is 1. The van der Waals surface area contributed by atoms with E-state index in [0.717, 1.165) is 0 Å². The summed E-state index contributed by atoms with van der Waals surface area (Å²) < 4.78 is 17.3. The van der Waals surface area contributed by atoms with Gasteiger partial charge in [0.25, 0.3) is 0 Å². The minimum absolute atomic E-state index is 0.0698. The summed E-state index contributed by atoms with van der Waals surface area (Å²) in [4.78, 5) is 78.2. The highest BCUT2D eigenvalue weighted by Gasteiger charge is 2.40. The van der Waals surface area contributed by atoms with E-state index in [1.807, 2.05) is 0 Å². The fourth-order valence-electron chi connectivity index (χ4n) is 4.14. The molecule has 0 saturated carbocycles. The zero-order valence-electron chi connectivity index (χ0n) is 28.3. The van der Waals surface area contributed by atoms with Gasteiger partial charge in [-0.3, -0.25) is 23.9 Å². The quantitative estimate of drug-likeness (QED) is 0.269. The van der Waals surface area contributed by atoms with Crippen molar-refractivity contribution in [2.45, 2.75) is 123 Å².